The normalized spacial score (nSPS) is 27.1. The van der Waals surface area contributed by atoms with Gasteiger partial charge < -0.3 is 10.5 Å². The lowest BCUT2D eigenvalue weighted by molar-refractivity contribution is 0.0527. The smallest absolute Gasteiger partial charge is 0.165 e. The summed E-state index contributed by atoms with van der Waals surface area (Å²) >= 11 is 0. The molecule has 0 aromatic heterocycles. The van der Waals surface area contributed by atoms with Crippen LogP contribution in [0.15, 0.2) is 18.2 Å². The summed E-state index contributed by atoms with van der Waals surface area (Å²) in [5.41, 5.74) is 6.93. The lowest BCUT2D eigenvalue weighted by atomic mass is 9.71. The lowest BCUT2D eigenvalue weighted by Gasteiger charge is -2.39. The van der Waals surface area contributed by atoms with Crippen molar-refractivity contribution in [2.24, 2.45) is 17.1 Å². The molecule has 1 fully saturated rings. The van der Waals surface area contributed by atoms with Gasteiger partial charge in [0.25, 0.3) is 0 Å². The van der Waals surface area contributed by atoms with Crippen LogP contribution in [0.1, 0.15) is 58.6 Å². The van der Waals surface area contributed by atoms with Gasteiger partial charge in [0.05, 0.1) is 6.10 Å². The summed E-state index contributed by atoms with van der Waals surface area (Å²) < 4.78 is 20.1. The summed E-state index contributed by atoms with van der Waals surface area (Å²) in [5, 5.41) is 0. The van der Waals surface area contributed by atoms with Crippen molar-refractivity contribution in [1.82, 2.24) is 0 Å². The zero-order valence-corrected chi connectivity index (χ0v) is 12.9. The second kappa shape index (κ2) is 5.72. The van der Waals surface area contributed by atoms with Gasteiger partial charge in [0.15, 0.2) is 11.6 Å². The molecule has 20 heavy (non-hydrogen) atoms. The molecule has 0 radical (unpaired) electrons. The average molecular weight is 279 g/mol. The first kappa shape index (κ1) is 15.3. The summed E-state index contributed by atoms with van der Waals surface area (Å²) in [6.45, 7) is 8.61. The molecule has 3 heteroatoms. The molecule has 2 N–H and O–H groups in total. The number of halogens is 1. The van der Waals surface area contributed by atoms with E-state index >= 15 is 0 Å². The third-order valence-electron chi connectivity index (χ3n) is 4.12. The summed E-state index contributed by atoms with van der Waals surface area (Å²) in [4.78, 5) is 0. The van der Waals surface area contributed by atoms with Gasteiger partial charge in [0.2, 0.25) is 0 Å². The van der Waals surface area contributed by atoms with Gasteiger partial charge >= 0.3 is 0 Å². The Morgan fingerprint density at radius 2 is 2.05 bits per heavy atom. The summed E-state index contributed by atoms with van der Waals surface area (Å²) in [6, 6.07) is 4.75. The minimum absolute atomic E-state index is 0.0724. The van der Waals surface area contributed by atoms with E-state index in [0.717, 1.165) is 18.4 Å². The van der Waals surface area contributed by atoms with E-state index in [0.29, 0.717) is 11.7 Å². The maximum absolute atomic E-state index is 14.1. The van der Waals surface area contributed by atoms with E-state index in [2.05, 4.69) is 20.8 Å². The Labute approximate surface area is 121 Å². The van der Waals surface area contributed by atoms with Crippen LogP contribution in [-0.2, 0) is 0 Å². The highest BCUT2D eigenvalue weighted by atomic mass is 19.1. The number of rotatable bonds is 3. The van der Waals surface area contributed by atoms with Gasteiger partial charge in [-0.25, -0.2) is 4.39 Å². The fourth-order valence-electron chi connectivity index (χ4n) is 3.52. The average Bonchev–Trinajstić information content (AvgIpc) is 2.28. The summed E-state index contributed by atoms with van der Waals surface area (Å²) in [6.07, 6.45) is 3.22. The van der Waals surface area contributed by atoms with Crippen molar-refractivity contribution in [1.29, 1.82) is 0 Å². The van der Waals surface area contributed by atoms with E-state index in [1.807, 2.05) is 13.0 Å². The van der Waals surface area contributed by atoms with Crippen molar-refractivity contribution in [3.63, 3.8) is 0 Å². The first-order valence-corrected chi connectivity index (χ1v) is 7.49. The van der Waals surface area contributed by atoms with Crippen LogP contribution in [-0.4, -0.2) is 6.10 Å². The Morgan fingerprint density at radius 1 is 1.35 bits per heavy atom. The highest BCUT2D eigenvalue weighted by Crippen LogP contribution is 2.41. The van der Waals surface area contributed by atoms with Crippen LogP contribution < -0.4 is 10.5 Å². The van der Waals surface area contributed by atoms with Crippen LogP contribution in [0.5, 0.6) is 5.75 Å². The number of nitrogens with two attached hydrogens (primary N) is 1. The molecule has 0 spiro atoms. The Hall–Kier alpha value is -1.09. The lowest BCUT2D eigenvalue weighted by Crippen LogP contribution is -2.34. The predicted molar refractivity (Wildman–Crippen MR) is 80.2 cm³/mol. The fourth-order valence-corrected chi connectivity index (χ4v) is 3.52. The molecule has 0 bridgehead atoms. The molecule has 0 aliphatic heterocycles. The van der Waals surface area contributed by atoms with E-state index in [-0.39, 0.29) is 23.4 Å². The van der Waals surface area contributed by atoms with Crippen molar-refractivity contribution in [2.75, 3.05) is 0 Å². The highest BCUT2D eigenvalue weighted by Gasteiger charge is 2.34. The number of hydrogen-bond acceptors (Lipinski definition) is 2. The SMILES string of the molecule is CC1CC(Oc2c(F)cccc2C(C)N)CC(C)(C)C1. The van der Waals surface area contributed by atoms with Gasteiger partial charge in [-0.3, -0.25) is 0 Å². The quantitative estimate of drug-likeness (QED) is 0.887. The van der Waals surface area contributed by atoms with Crippen LogP contribution in [0.2, 0.25) is 0 Å². The van der Waals surface area contributed by atoms with Crippen LogP contribution in [0.4, 0.5) is 4.39 Å². The van der Waals surface area contributed by atoms with E-state index < -0.39 is 0 Å². The monoisotopic (exact) mass is 279 g/mol. The number of benzene rings is 1. The second-order valence-corrected chi connectivity index (χ2v) is 7.10. The molecule has 3 atom stereocenters. The van der Waals surface area contributed by atoms with Crippen molar-refractivity contribution in [2.45, 2.75) is 59.1 Å². The van der Waals surface area contributed by atoms with Crippen molar-refractivity contribution >= 4 is 0 Å². The van der Waals surface area contributed by atoms with E-state index in [1.54, 1.807) is 6.07 Å². The molecule has 0 heterocycles. The molecule has 1 aromatic rings. The molecular weight excluding hydrogens is 253 g/mol. The van der Waals surface area contributed by atoms with Gasteiger partial charge in [-0.15, -0.1) is 0 Å². The third-order valence-corrected chi connectivity index (χ3v) is 4.12. The van der Waals surface area contributed by atoms with Gasteiger partial charge in [-0.1, -0.05) is 32.9 Å². The van der Waals surface area contributed by atoms with Crippen LogP contribution in [0, 0.1) is 17.2 Å². The van der Waals surface area contributed by atoms with Gasteiger partial charge in [0.1, 0.15) is 0 Å². The molecule has 112 valence electrons. The maximum atomic E-state index is 14.1. The number of ether oxygens (including phenoxy) is 1. The van der Waals surface area contributed by atoms with Gasteiger partial charge in [0, 0.05) is 11.6 Å². The minimum atomic E-state index is -0.309. The molecule has 3 unspecified atom stereocenters. The van der Waals surface area contributed by atoms with Crippen molar-refractivity contribution in [3.05, 3.63) is 29.6 Å². The predicted octanol–water partition coefficient (Wildman–Crippen LogP) is 4.44. The molecule has 0 saturated heterocycles. The van der Waals surface area contributed by atoms with Crippen LogP contribution >= 0.6 is 0 Å². The van der Waals surface area contributed by atoms with Gasteiger partial charge in [-0.2, -0.15) is 0 Å². The maximum Gasteiger partial charge on any atom is 0.165 e. The van der Waals surface area contributed by atoms with E-state index in [9.17, 15) is 4.39 Å². The summed E-state index contributed by atoms with van der Waals surface area (Å²) in [7, 11) is 0. The fraction of sp³-hybridized carbons (Fsp3) is 0.647. The van der Waals surface area contributed by atoms with Crippen LogP contribution in [0.3, 0.4) is 0 Å². The first-order valence-electron chi connectivity index (χ1n) is 7.49. The Kier molecular flexibility index (Phi) is 4.38. The molecule has 1 aliphatic rings. The van der Waals surface area contributed by atoms with E-state index in [1.165, 1.54) is 12.5 Å². The molecular formula is C17H26FNO. The molecule has 1 aromatic carbocycles. The van der Waals surface area contributed by atoms with Crippen molar-refractivity contribution in [3.8, 4) is 5.75 Å². The van der Waals surface area contributed by atoms with Gasteiger partial charge in [-0.05, 0) is 43.6 Å². The molecule has 1 aliphatic carbocycles. The van der Waals surface area contributed by atoms with Crippen LogP contribution in [0.25, 0.3) is 0 Å². The second-order valence-electron chi connectivity index (χ2n) is 7.10. The summed E-state index contributed by atoms with van der Waals surface area (Å²) in [5.74, 6) is 0.641. The topological polar surface area (TPSA) is 35.2 Å². The van der Waals surface area contributed by atoms with Crippen molar-refractivity contribution < 1.29 is 9.13 Å². The molecule has 1 saturated carbocycles. The number of para-hydroxylation sites is 1. The zero-order valence-electron chi connectivity index (χ0n) is 12.9. The Morgan fingerprint density at radius 3 is 2.65 bits per heavy atom. The minimum Gasteiger partial charge on any atom is -0.487 e. The molecule has 2 nitrogen and oxygen atoms in total. The number of hydrogen-bond donors (Lipinski definition) is 1. The zero-order chi connectivity index (χ0) is 14.9. The molecule has 0 amide bonds. The van der Waals surface area contributed by atoms with E-state index in [4.69, 9.17) is 10.5 Å². The highest BCUT2D eigenvalue weighted by molar-refractivity contribution is 5.37. The standard InChI is InChI=1S/C17H26FNO/c1-11-8-13(10-17(3,4)9-11)20-16-14(12(2)19)6-5-7-15(16)18/h5-7,11-13H,8-10,19H2,1-4H3. The first-order chi connectivity index (χ1) is 9.28. The largest absolute Gasteiger partial charge is 0.487 e. The Balaban J connectivity index is 2.21. The third kappa shape index (κ3) is 3.51. The Bertz CT molecular complexity index is 470. The molecule has 2 rings (SSSR count).